The number of nitrogens with zero attached hydrogens (tertiary/aromatic N) is 1. The molecule has 1 aliphatic rings. The Bertz CT molecular complexity index is 890. The molecule has 2 aromatic rings. The molecule has 1 unspecified atom stereocenters. The van der Waals surface area contributed by atoms with Crippen molar-refractivity contribution < 1.29 is 20.1 Å². The van der Waals surface area contributed by atoms with Crippen LogP contribution in [0.1, 0.15) is 45.2 Å². The highest BCUT2D eigenvalue weighted by Crippen LogP contribution is 2.56. The topological polar surface area (TPSA) is 107 Å². The number of nitrogens with two attached hydrogens (primary N) is 1. The van der Waals surface area contributed by atoms with E-state index >= 15 is 0 Å². The first-order chi connectivity index (χ1) is 12.0. The molecule has 1 amide bonds. The number of rotatable bonds is 1. The van der Waals surface area contributed by atoms with Crippen LogP contribution in [0.25, 0.3) is 0 Å². The minimum absolute atomic E-state index is 0.114. The quantitative estimate of drug-likeness (QED) is 0.463. The summed E-state index contributed by atoms with van der Waals surface area (Å²) in [6.07, 6.45) is 0.523. The summed E-state index contributed by atoms with van der Waals surface area (Å²) in [5, 5.41) is 30.6. The van der Waals surface area contributed by atoms with E-state index in [2.05, 4.69) is 0 Å². The smallest absolute Gasteiger partial charge is 0.224 e. The lowest BCUT2D eigenvalue weighted by Crippen LogP contribution is -2.55. The number of benzene rings is 2. The van der Waals surface area contributed by atoms with Gasteiger partial charge in [0.15, 0.2) is 0 Å². The summed E-state index contributed by atoms with van der Waals surface area (Å²) < 4.78 is 0. The van der Waals surface area contributed by atoms with Crippen molar-refractivity contribution in [2.24, 2.45) is 0 Å². The maximum atomic E-state index is 12.4. The van der Waals surface area contributed by atoms with E-state index in [9.17, 15) is 20.1 Å². The number of nitrogen functional groups attached to an aromatic ring is 1. The predicted molar refractivity (Wildman–Crippen MR) is 101 cm³/mol. The molecule has 1 atom stereocenters. The molecule has 5 N–H and O–H groups in total. The zero-order valence-electron chi connectivity index (χ0n) is 15.4. The fourth-order valence-electron chi connectivity index (χ4n) is 4.41. The average Bonchev–Trinajstić information content (AvgIpc) is 2.51. The Kier molecular flexibility index (Phi) is 3.83. The molecule has 0 saturated heterocycles. The summed E-state index contributed by atoms with van der Waals surface area (Å²) in [7, 11) is 0. The number of hydrogen-bond acceptors (Lipinski definition) is 5. The zero-order valence-corrected chi connectivity index (χ0v) is 15.4. The first-order valence-corrected chi connectivity index (χ1v) is 8.44. The van der Waals surface area contributed by atoms with Gasteiger partial charge in [-0.05, 0) is 38.0 Å². The van der Waals surface area contributed by atoms with Gasteiger partial charge in [0.25, 0.3) is 0 Å². The van der Waals surface area contributed by atoms with E-state index in [0.29, 0.717) is 17.7 Å². The van der Waals surface area contributed by atoms with Gasteiger partial charge >= 0.3 is 0 Å². The third-order valence-electron chi connectivity index (χ3n) is 5.30. The predicted octanol–water partition coefficient (Wildman–Crippen LogP) is 3.23. The van der Waals surface area contributed by atoms with E-state index in [0.717, 1.165) is 5.56 Å². The summed E-state index contributed by atoms with van der Waals surface area (Å²) >= 11 is 0. The van der Waals surface area contributed by atoms with E-state index in [-0.39, 0.29) is 28.8 Å². The van der Waals surface area contributed by atoms with Crippen LogP contribution >= 0.6 is 0 Å². The molecule has 0 spiro atoms. The number of aromatic hydroxyl groups is 3. The lowest BCUT2D eigenvalue weighted by molar-refractivity contribution is -0.117. The Morgan fingerprint density at radius 3 is 2.23 bits per heavy atom. The van der Waals surface area contributed by atoms with Crippen molar-refractivity contribution in [1.82, 2.24) is 0 Å². The molecule has 6 nitrogen and oxygen atoms in total. The SMILES string of the molecule is CC(=O)N1c2cc(O)c(N)c(O)c2C(C)(c2ccc(O)cc2)CC1(C)C. The summed E-state index contributed by atoms with van der Waals surface area (Å²) in [6, 6.07) is 8.20. The van der Waals surface area contributed by atoms with E-state index in [1.807, 2.05) is 20.8 Å². The van der Waals surface area contributed by atoms with E-state index in [1.165, 1.54) is 13.0 Å². The highest BCUT2D eigenvalue weighted by molar-refractivity contribution is 5.97. The lowest BCUT2D eigenvalue weighted by Gasteiger charge is -2.51. The Labute approximate surface area is 152 Å². The van der Waals surface area contributed by atoms with Crippen LogP contribution in [0, 0.1) is 0 Å². The Morgan fingerprint density at radius 1 is 1.12 bits per heavy atom. The minimum Gasteiger partial charge on any atom is -0.508 e. The van der Waals surface area contributed by atoms with Gasteiger partial charge in [-0.25, -0.2) is 0 Å². The fraction of sp³-hybridized carbons (Fsp3) is 0.350. The van der Waals surface area contributed by atoms with E-state index in [1.54, 1.807) is 29.2 Å². The first kappa shape index (κ1) is 17.9. The number of anilines is 2. The van der Waals surface area contributed by atoms with Gasteiger partial charge in [-0.2, -0.15) is 0 Å². The molecular formula is C20H24N2O4. The van der Waals surface area contributed by atoms with Crippen molar-refractivity contribution in [3.63, 3.8) is 0 Å². The summed E-state index contributed by atoms with van der Waals surface area (Å²) in [5.41, 5.74) is 6.32. The Hall–Kier alpha value is -2.89. The second-order valence-electron chi connectivity index (χ2n) is 7.77. The van der Waals surface area contributed by atoms with Crippen molar-refractivity contribution in [2.75, 3.05) is 10.6 Å². The molecule has 0 radical (unpaired) electrons. The van der Waals surface area contributed by atoms with Gasteiger partial charge in [-0.15, -0.1) is 0 Å². The molecule has 138 valence electrons. The fourth-order valence-corrected chi connectivity index (χ4v) is 4.41. The molecule has 6 heteroatoms. The number of phenolic OH excluding ortho intramolecular Hbond substituents is 3. The highest BCUT2D eigenvalue weighted by Gasteiger charge is 2.49. The maximum absolute atomic E-state index is 12.4. The van der Waals surface area contributed by atoms with Crippen molar-refractivity contribution in [2.45, 2.75) is 45.1 Å². The van der Waals surface area contributed by atoms with Gasteiger partial charge in [-0.3, -0.25) is 4.79 Å². The number of hydrogen-bond donors (Lipinski definition) is 4. The zero-order chi connectivity index (χ0) is 19.4. The molecule has 0 saturated carbocycles. The molecular weight excluding hydrogens is 332 g/mol. The summed E-state index contributed by atoms with van der Waals surface area (Å²) in [4.78, 5) is 14.0. The van der Waals surface area contributed by atoms with E-state index in [4.69, 9.17) is 5.73 Å². The number of carbonyl (C=O) groups is 1. The molecule has 0 bridgehead atoms. The largest absolute Gasteiger partial charge is 0.508 e. The maximum Gasteiger partial charge on any atom is 0.224 e. The van der Waals surface area contributed by atoms with Crippen LogP contribution in [0.15, 0.2) is 30.3 Å². The van der Waals surface area contributed by atoms with Crippen LogP contribution in [0.5, 0.6) is 17.2 Å². The molecule has 0 aliphatic carbocycles. The Morgan fingerprint density at radius 2 is 1.69 bits per heavy atom. The number of phenols is 3. The molecule has 0 fully saturated rings. The third-order valence-corrected chi connectivity index (χ3v) is 5.30. The van der Waals surface area contributed by atoms with E-state index < -0.39 is 11.0 Å². The number of amides is 1. The monoisotopic (exact) mass is 356 g/mol. The highest BCUT2D eigenvalue weighted by atomic mass is 16.3. The van der Waals surface area contributed by atoms with Gasteiger partial charge in [-0.1, -0.05) is 19.1 Å². The van der Waals surface area contributed by atoms with Gasteiger partial charge in [0.2, 0.25) is 5.91 Å². The van der Waals surface area contributed by atoms with Crippen molar-refractivity contribution >= 4 is 17.3 Å². The standard InChI is InChI=1S/C20H24N2O4/c1-11(23)22-14-9-15(25)17(21)18(26)16(14)20(4,10-19(22,2)3)12-5-7-13(24)8-6-12/h5-9,24-26H,10,21H2,1-4H3. The van der Waals surface area contributed by atoms with Crippen LogP contribution in [-0.4, -0.2) is 26.8 Å². The van der Waals surface area contributed by atoms with Crippen molar-refractivity contribution in [3.05, 3.63) is 41.5 Å². The second kappa shape index (κ2) is 5.56. The third kappa shape index (κ3) is 2.44. The average molecular weight is 356 g/mol. The van der Waals surface area contributed by atoms with Crippen LogP contribution in [0.2, 0.25) is 0 Å². The van der Waals surface area contributed by atoms with Gasteiger partial charge in [0, 0.05) is 29.5 Å². The molecule has 1 heterocycles. The molecule has 1 aliphatic heterocycles. The molecule has 26 heavy (non-hydrogen) atoms. The molecule has 0 aromatic heterocycles. The number of carbonyl (C=O) groups excluding carboxylic acids is 1. The lowest BCUT2D eigenvalue weighted by atomic mass is 9.64. The second-order valence-corrected chi connectivity index (χ2v) is 7.77. The minimum atomic E-state index is -0.676. The normalized spacial score (nSPS) is 21.3. The van der Waals surface area contributed by atoms with Gasteiger partial charge in [0.1, 0.15) is 22.9 Å². The van der Waals surface area contributed by atoms with Crippen molar-refractivity contribution in [1.29, 1.82) is 0 Å². The van der Waals surface area contributed by atoms with Crippen LogP contribution < -0.4 is 10.6 Å². The Balaban J connectivity index is 2.39. The van der Waals surface area contributed by atoms with Gasteiger partial charge in [0.05, 0.1) is 5.69 Å². The summed E-state index contributed by atoms with van der Waals surface area (Å²) in [5.74, 6) is -0.532. The summed E-state index contributed by atoms with van der Waals surface area (Å²) in [6.45, 7) is 7.31. The van der Waals surface area contributed by atoms with Crippen LogP contribution in [0.3, 0.4) is 0 Å². The molecule has 2 aromatic carbocycles. The van der Waals surface area contributed by atoms with Crippen LogP contribution in [0.4, 0.5) is 11.4 Å². The van der Waals surface area contributed by atoms with Crippen LogP contribution in [-0.2, 0) is 10.2 Å². The number of fused-ring (bicyclic) bond motifs is 1. The van der Waals surface area contributed by atoms with Crippen molar-refractivity contribution in [3.8, 4) is 17.2 Å². The first-order valence-electron chi connectivity index (χ1n) is 8.44. The van der Waals surface area contributed by atoms with Gasteiger partial charge < -0.3 is 26.0 Å². The molecule has 3 rings (SSSR count).